The summed E-state index contributed by atoms with van der Waals surface area (Å²) >= 11 is 0. The molecule has 140 valence electrons. The molecular weight excluding hydrogens is 340 g/mol. The smallest absolute Gasteiger partial charge is 0.255 e. The van der Waals surface area contributed by atoms with Gasteiger partial charge < -0.3 is 11.1 Å². The Kier molecular flexibility index (Phi) is 6.14. The Labute approximate surface area is 158 Å². The van der Waals surface area contributed by atoms with Gasteiger partial charge in [0.15, 0.2) is 0 Å². The average Bonchev–Trinajstić information content (AvgIpc) is 2.67. The summed E-state index contributed by atoms with van der Waals surface area (Å²) in [5.41, 5.74) is 9.98. The molecule has 3 aromatic rings. The van der Waals surface area contributed by atoms with Gasteiger partial charge in [0.05, 0.1) is 11.4 Å². The van der Waals surface area contributed by atoms with E-state index >= 15 is 0 Å². The molecule has 0 fully saturated rings. The highest BCUT2D eigenvalue weighted by molar-refractivity contribution is 5.41. The fraction of sp³-hybridized carbons (Fsp3) is 0.300. The maximum Gasteiger partial charge on any atom is 0.255 e. The summed E-state index contributed by atoms with van der Waals surface area (Å²) in [6.45, 7) is 2.65. The molecule has 3 aromatic heterocycles. The lowest BCUT2D eigenvalue weighted by molar-refractivity contribution is 0.746. The standard InChI is InChI=1S/C20H24N6O/c1-14-7-8-15(12-24-14)11-16-13-25-20(26-19(16)27)23-9-3-2-6-18-17(21)5-4-10-22-18/h4-5,7-8,10,12-13H,2-3,6,9,11,21H2,1H3,(H2,23,25,26,27). The van der Waals surface area contributed by atoms with Gasteiger partial charge in [-0.3, -0.25) is 19.7 Å². The Morgan fingerprint density at radius 2 is 2.00 bits per heavy atom. The van der Waals surface area contributed by atoms with E-state index in [0.29, 0.717) is 17.9 Å². The number of nitrogens with one attached hydrogen (secondary N) is 2. The minimum atomic E-state index is -0.130. The second-order valence-corrected chi connectivity index (χ2v) is 6.49. The fourth-order valence-corrected chi connectivity index (χ4v) is 2.74. The van der Waals surface area contributed by atoms with Crippen molar-refractivity contribution in [1.82, 2.24) is 19.9 Å². The third-order valence-electron chi connectivity index (χ3n) is 4.30. The summed E-state index contributed by atoms with van der Waals surface area (Å²) in [5.74, 6) is 0.489. The number of rotatable bonds is 8. The molecule has 3 rings (SSSR count). The number of H-pyrrole nitrogens is 1. The third-order valence-corrected chi connectivity index (χ3v) is 4.30. The lowest BCUT2D eigenvalue weighted by Crippen LogP contribution is -2.17. The van der Waals surface area contributed by atoms with Crippen molar-refractivity contribution < 1.29 is 0 Å². The van der Waals surface area contributed by atoms with E-state index in [4.69, 9.17) is 5.73 Å². The van der Waals surface area contributed by atoms with Crippen LogP contribution in [-0.2, 0) is 12.8 Å². The number of aromatic amines is 1. The SMILES string of the molecule is Cc1ccc(Cc2cnc(NCCCCc3ncccc3N)[nH]c2=O)cn1. The normalized spacial score (nSPS) is 10.7. The molecule has 0 saturated carbocycles. The predicted octanol–water partition coefficient (Wildman–Crippen LogP) is 2.48. The van der Waals surface area contributed by atoms with Gasteiger partial charge in [-0.05, 0) is 49.9 Å². The highest BCUT2D eigenvalue weighted by Gasteiger charge is 2.05. The molecule has 0 aromatic carbocycles. The van der Waals surface area contributed by atoms with Crippen LogP contribution in [0.1, 0.15) is 35.4 Å². The van der Waals surface area contributed by atoms with Crippen LogP contribution in [0.15, 0.2) is 47.7 Å². The molecule has 0 aliphatic carbocycles. The molecule has 4 N–H and O–H groups in total. The van der Waals surface area contributed by atoms with Crippen LogP contribution in [-0.4, -0.2) is 26.5 Å². The van der Waals surface area contributed by atoms with Crippen molar-refractivity contribution in [2.75, 3.05) is 17.6 Å². The minimum Gasteiger partial charge on any atom is -0.397 e. The molecule has 7 nitrogen and oxygen atoms in total. The van der Waals surface area contributed by atoms with Crippen molar-refractivity contribution in [2.24, 2.45) is 0 Å². The Bertz CT molecular complexity index is 936. The molecule has 0 saturated heterocycles. The quantitative estimate of drug-likeness (QED) is 0.530. The van der Waals surface area contributed by atoms with Gasteiger partial charge in [-0.2, -0.15) is 0 Å². The number of anilines is 2. The van der Waals surface area contributed by atoms with Crippen LogP contribution in [0.4, 0.5) is 11.6 Å². The molecule has 3 heterocycles. The highest BCUT2D eigenvalue weighted by Crippen LogP contribution is 2.10. The van der Waals surface area contributed by atoms with Crippen LogP contribution in [0.2, 0.25) is 0 Å². The van der Waals surface area contributed by atoms with E-state index in [1.165, 1.54) is 0 Å². The molecule has 27 heavy (non-hydrogen) atoms. The Morgan fingerprint density at radius 3 is 2.74 bits per heavy atom. The van der Waals surface area contributed by atoms with Gasteiger partial charge in [-0.25, -0.2) is 4.98 Å². The summed E-state index contributed by atoms with van der Waals surface area (Å²) < 4.78 is 0. The van der Waals surface area contributed by atoms with Crippen LogP contribution < -0.4 is 16.6 Å². The number of hydrogen-bond acceptors (Lipinski definition) is 6. The molecule has 0 unspecified atom stereocenters. The molecule has 0 radical (unpaired) electrons. The molecule has 0 aliphatic heterocycles. The van der Waals surface area contributed by atoms with Crippen molar-refractivity contribution >= 4 is 11.6 Å². The van der Waals surface area contributed by atoms with Gasteiger partial charge in [0.1, 0.15) is 0 Å². The van der Waals surface area contributed by atoms with Crippen LogP contribution >= 0.6 is 0 Å². The summed E-state index contributed by atoms with van der Waals surface area (Å²) in [6, 6.07) is 7.61. The van der Waals surface area contributed by atoms with Crippen LogP contribution in [0.25, 0.3) is 0 Å². The van der Waals surface area contributed by atoms with E-state index in [-0.39, 0.29) is 5.56 Å². The number of nitrogens with zero attached hydrogens (tertiary/aromatic N) is 3. The largest absolute Gasteiger partial charge is 0.397 e. The van der Waals surface area contributed by atoms with E-state index in [2.05, 4.69) is 25.3 Å². The first-order valence-corrected chi connectivity index (χ1v) is 9.05. The number of hydrogen-bond donors (Lipinski definition) is 3. The first-order chi connectivity index (χ1) is 13.1. The van der Waals surface area contributed by atoms with Crippen molar-refractivity contribution in [3.63, 3.8) is 0 Å². The number of aromatic nitrogens is 4. The predicted molar refractivity (Wildman–Crippen MR) is 107 cm³/mol. The molecular formula is C20H24N6O. The van der Waals surface area contributed by atoms with E-state index in [9.17, 15) is 4.79 Å². The average molecular weight is 364 g/mol. The summed E-state index contributed by atoms with van der Waals surface area (Å²) in [4.78, 5) is 27.9. The molecule has 0 spiro atoms. The zero-order chi connectivity index (χ0) is 19.1. The van der Waals surface area contributed by atoms with E-state index < -0.39 is 0 Å². The van der Waals surface area contributed by atoms with Gasteiger partial charge >= 0.3 is 0 Å². The van der Waals surface area contributed by atoms with E-state index in [1.54, 1.807) is 18.6 Å². The lowest BCUT2D eigenvalue weighted by atomic mass is 10.1. The van der Waals surface area contributed by atoms with E-state index in [1.807, 2.05) is 31.2 Å². The lowest BCUT2D eigenvalue weighted by Gasteiger charge is -2.07. The number of unbranched alkanes of at least 4 members (excludes halogenated alkanes) is 1. The maximum absolute atomic E-state index is 12.2. The second-order valence-electron chi connectivity index (χ2n) is 6.49. The Balaban J connectivity index is 1.47. The topological polar surface area (TPSA) is 110 Å². The minimum absolute atomic E-state index is 0.130. The number of aryl methyl sites for hydroxylation is 2. The fourth-order valence-electron chi connectivity index (χ4n) is 2.74. The Morgan fingerprint density at radius 1 is 1.11 bits per heavy atom. The summed E-state index contributed by atoms with van der Waals surface area (Å²) in [6.07, 6.45) is 8.40. The second kappa shape index (κ2) is 8.93. The van der Waals surface area contributed by atoms with Crippen molar-refractivity contribution in [2.45, 2.75) is 32.6 Å². The highest BCUT2D eigenvalue weighted by atomic mass is 16.1. The van der Waals surface area contributed by atoms with Crippen LogP contribution in [0, 0.1) is 6.92 Å². The molecule has 0 bridgehead atoms. The first kappa shape index (κ1) is 18.6. The van der Waals surface area contributed by atoms with E-state index in [0.717, 1.165) is 48.4 Å². The van der Waals surface area contributed by atoms with Crippen molar-refractivity contribution in [3.05, 3.63) is 75.7 Å². The maximum atomic E-state index is 12.2. The monoisotopic (exact) mass is 364 g/mol. The van der Waals surface area contributed by atoms with Gasteiger partial charge in [0.2, 0.25) is 5.95 Å². The van der Waals surface area contributed by atoms with Crippen molar-refractivity contribution in [1.29, 1.82) is 0 Å². The molecule has 0 atom stereocenters. The molecule has 0 amide bonds. The first-order valence-electron chi connectivity index (χ1n) is 9.05. The van der Waals surface area contributed by atoms with Crippen LogP contribution in [0.5, 0.6) is 0 Å². The summed E-state index contributed by atoms with van der Waals surface area (Å²) in [7, 11) is 0. The third kappa shape index (κ3) is 5.37. The van der Waals surface area contributed by atoms with Gasteiger partial charge in [0, 0.05) is 42.8 Å². The zero-order valence-electron chi connectivity index (χ0n) is 15.4. The van der Waals surface area contributed by atoms with Gasteiger partial charge in [-0.1, -0.05) is 6.07 Å². The van der Waals surface area contributed by atoms with Crippen molar-refractivity contribution in [3.8, 4) is 0 Å². The number of pyridine rings is 2. The summed E-state index contributed by atoms with van der Waals surface area (Å²) in [5, 5.41) is 3.15. The molecule has 0 aliphatic rings. The van der Waals surface area contributed by atoms with Gasteiger partial charge in [0.25, 0.3) is 5.56 Å². The number of nitrogen functional groups attached to an aromatic ring is 1. The molecule has 7 heteroatoms. The Hall–Kier alpha value is -3.22. The van der Waals surface area contributed by atoms with Crippen LogP contribution in [0.3, 0.4) is 0 Å². The number of nitrogens with two attached hydrogens (primary N) is 1. The van der Waals surface area contributed by atoms with Gasteiger partial charge in [-0.15, -0.1) is 0 Å². The zero-order valence-corrected chi connectivity index (χ0v) is 15.4.